The molecule has 21 heavy (non-hydrogen) atoms. The van der Waals surface area contributed by atoms with Gasteiger partial charge in [0.25, 0.3) is 0 Å². The van der Waals surface area contributed by atoms with Crippen molar-refractivity contribution in [2.75, 3.05) is 5.32 Å². The number of ketones is 1. The third kappa shape index (κ3) is 2.86. The molecule has 1 aromatic carbocycles. The molecule has 0 radical (unpaired) electrons. The summed E-state index contributed by atoms with van der Waals surface area (Å²) < 4.78 is 0. The lowest BCUT2D eigenvalue weighted by molar-refractivity contribution is -0.121. The highest BCUT2D eigenvalue weighted by Gasteiger charge is 2.19. The Hall–Kier alpha value is -2.43. The summed E-state index contributed by atoms with van der Waals surface area (Å²) in [5.74, 6) is 0.187. The minimum absolute atomic E-state index is 0.0367. The number of hydrazone groups is 1. The van der Waals surface area contributed by atoms with Gasteiger partial charge in [0.1, 0.15) is 0 Å². The molecular formula is C16H17N3O2. The van der Waals surface area contributed by atoms with E-state index in [-0.39, 0.29) is 11.7 Å². The van der Waals surface area contributed by atoms with Crippen LogP contribution in [0.1, 0.15) is 38.2 Å². The number of rotatable bonds is 3. The van der Waals surface area contributed by atoms with Crippen LogP contribution in [0.3, 0.4) is 0 Å². The van der Waals surface area contributed by atoms with E-state index >= 15 is 0 Å². The average molecular weight is 283 g/mol. The quantitative estimate of drug-likeness (QED) is 0.894. The molecule has 1 aromatic rings. The Labute approximate surface area is 123 Å². The molecular weight excluding hydrogens is 266 g/mol. The van der Waals surface area contributed by atoms with Crippen LogP contribution < -0.4 is 10.7 Å². The summed E-state index contributed by atoms with van der Waals surface area (Å²) in [7, 11) is 0. The number of nitrogens with one attached hydrogen (secondary N) is 2. The first-order chi connectivity index (χ1) is 10.1. The molecule has 5 heteroatoms. The maximum absolute atomic E-state index is 11.5. The Morgan fingerprint density at radius 1 is 1.05 bits per heavy atom. The van der Waals surface area contributed by atoms with Crippen molar-refractivity contribution in [1.82, 2.24) is 5.43 Å². The van der Waals surface area contributed by atoms with Crippen molar-refractivity contribution < 1.29 is 9.59 Å². The van der Waals surface area contributed by atoms with E-state index in [2.05, 4.69) is 15.8 Å². The SMILES string of the molecule is CC1=C(Nc2ccc(C3=NNC(=O)CC3)cc2)CCC1=O. The molecule has 1 amide bonds. The van der Waals surface area contributed by atoms with E-state index in [9.17, 15) is 9.59 Å². The average Bonchev–Trinajstić information content (AvgIpc) is 2.81. The Kier molecular flexibility index (Phi) is 3.56. The van der Waals surface area contributed by atoms with E-state index in [1.807, 2.05) is 31.2 Å². The van der Waals surface area contributed by atoms with Gasteiger partial charge >= 0.3 is 0 Å². The highest BCUT2D eigenvalue weighted by Crippen LogP contribution is 2.24. The van der Waals surface area contributed by atoms with Gasteiger partial charge in [0.15, 0.2) is 5.78 Å². The van der Waals surface area contributed by atoms with Gasteiger partial charge in [-0.1, -0.05) is 12.1 Å². The summed E-state index contributed by atoms with van der Waals surface area (Å²) in [5, 5.41) is 7.39. The zero-order valence-corrected chi connectivity index (χ0v) is 11.9. The lowest BCUT2D eigenvalue weighted by Crippen LogP contribution is -2.25. The Morgan fingerprint density at radius 2 is 1.81 bits per heavy atom. The van der Waals surface area contributed by atoms with Crippen LogP contribution in [0.5, 0.6) is 0 Å². The number of amides is 1. The van der Waals surface area contributed by atoms with Crippen LogP contribution in [0.4, 0.5) is 5.69 Å². The van der Waals surface area contributed by atoms with Gasteiger partial charge in [-0.2, -0.15) is 5.10 Å². The molecule has 2 N–H and O–H groups in total. The summed E-state index contributed by atoms with van der Waals surface area (Å²) in [4.78, 5) is 22.6. The molecule has 1 aliphatic heterocycles. The number of hydrogen-bond donors (Lipinski definition) is 2. The molecule has 0 saturated heterocycles. The number of benzene rings is 1. The largest absolute Gasteiger partial charge is 0.359 e. The van der Waals surface area contributed by atoms with Crippen molar-refractivity contribution in [3.05, 3.63) is 41.1 Å². The Bertz CT molecular complexity index is 657. The summed E-state index contributed by atoms with van der Waals surface area (Å²) in [6, 6.07) is 7.89. The van der Waals surface area contributed by atoms with Crippen LogP contribution in [-0.4, -0.2) is 17.4 Å². The maximum atomic E-state index is 11.5. The molecule has 0 atom stereocenters. The molecule has 0 aromatic heterocycles. The van der Waals surface area contributed by atoms with Gasteiger partial charge in [-0.3, -0.25) is 9.59 Å². The van der Waals surface area contributed by atoms with Gasteiger partial charge in [0.2, 0.25) is 5.91 Å². The highest BCUT2D eigenvalue weighted by molar-refractivity contribution is 6.04. The molecule has 2 aliphatic rings. The summed E-state index contributed by atoms with van der Waals surface area (Å²) >= 11 is 0. The van der Waals surface area contributed by atoms with Crippen molar-refractivity contribution >= 4 is 23.1 Å². The molecule has 108 valence electrons. The van der Waals surface area contributed by atoms with Crippen molar-refractivity contribution in [2.45, 2.75) is 32.6 Å². The molecule has 5 nitrogen and oxygen atoms in total. The van der Waals surface area contributed by atoms with Crippen molar-refractivity contribution in [3.8, 4) is 0 Å². The minimum atomic E-state index is -0.0367. The van der Waals surface area contributed by atoms with Gasteiger partial charge in [0.05, 0.1) is 5.71 Å². The van der Waals surface area contributed by atoms with Crippen LogP contribution in [0.2, 0.25) is 0 Å². The lowest BCUT2D eigenvalue weighted by Gasteiger charge is -2.13. The van der Waals surface area contributed by atoms with Crippen LogP contribution in [0.15, 0.2) is 40.6 Å². The molecule has 0 fully saturated rings. The summed E-state index contributed by atoms with van der Waals surface area (Å²) in [6.07, 6.45) is 2.53. The van der Waals surface area contributed by atoms with E-state index in [1.165, 1.54) is 0 Å². The lowest BCUT2D eigenvalue weighted by atomic mass is 10.0. The van der Waals surface area contributed by atoms with E-state index in [4.69, 9.17) is 0 Å². The first-order valence-corrected chi connectivity index (χ1v) is 7.09. The standard InChI is InChI=1S/C16H17N3O2/c1-10-13(6-8-15(10)20)17-12-4-2-11(3-5-12)14-7-9-16(21)19-18-14/h2-5,17H,6-9H2,1H3,(H,19,21). The van der Waals surface area contributed by atoms with Crippen molar-refractivity contribution in [3.63, 3.8) is 0 Å². The fourth-order valence-electron chi connectivity index (χ4n) is 2.54. The number of anilines is 1. The predicted octanol–water partition coefficient (Wildman–Crippen LogP) is 2.35. The second-order valence-corrected chi connectivity index (χ2v) is 5.32. The van der Waals surface area contributed by atoms with Crippen molar-refractivity contribution in [2.24, 2.45) is 5.10 Å². The zero-order valence-electron chi connectivity index (χ0n) is 11.9. The van der Waals surface area contributed by atoms with Gasteiger partial charge < -0.3 is 5.32 Å². The van der Waals surface area contributed by atoms with Crippen molar-refractivity contribution in [1.29, 1.82) is 0 Å². The van der Waals surface area contributed by atoms with Gasteiger partial charge in [-0.05, 0) is 31.0 Å². The fourth-order valence-corrected chi connectivity index (χ4v) is 2.54. The molecule has 0 bridgehead atoms. The third-order valence-electron chi connectivity index (χ3n) is 3.89. The number of allylic oxidation sites excluding steroid dienone is 2. The van der Waals surface area contributed by atoms with Gasteiger partial charge in [-0.25, -0.2) is 5.43 Å². The van der Waals surface area contributed by atoms with Crippen LogP contribution in [-0.2, 0) is 9.59 Å². The van der Waals surface area contributed by atoms with Crippen LogP contribution in [0, 0.1) is 0 Å². The normalized spacial score (nSPS) is 18.6. The Morgan fingerprint density at radius 3 is 2.38 bits per heavy atom. The Balaban J connectivity index is 1.73. The van der Waals surface area contributed by atoms with Gasteiger partial charge in [0, 0.05) is 36.2 Å². The minimum Gasteiger partial charge on any atom is -0.359 e. The summed E-state index contributed by atoms with van der Waals surface area (Å²) in [6.45, 7) is 1.87. The molecule has 0 saturated carbocycles. The van der Waals surface area contributed by atoms with E-state index < -0.39 is 0 Å². The third-order valence-corrected chi connectivity index (χ3v) is 3.89. The number of Topliss-reactive ketones (excluding diaryl/α,β-unsaturated/α-hetero) is 1. The van der Waals surface area contributed by atoms with Crippen LogP contribution >= 0.6 is 0 Å². The first kappa shape index (κ1) is 13.5. The number of carbonyl (C=O) groups excluding carboxylic acids is 2. The zero-order chi connectivity index (χ0) is 14.8. The first-order valence-electron chi connectivity index (χ1n) is 7.09. The predicted molar refractivity (Wildman–Crippen MR) is 80.9 cm³/mol. The highest BCUT2D eigenvalue weighted by atomic mass is 16.2. The molecule has 1 heterocycles. The fraction of sp³-hybridized carbons (Fsp3) is 0.312. The molecule has 0 spiro atoms. The molecule has 3 rings (SSSR count). The van der Waals surface area contributed by atoms with E-state index in [0.29, 0.717) is 19.3 Å². The molecule has 1 aliphatic carbocycles. The van der Waals surface area contributed by atoms with E-state index in [0.717, 1.165) is 34.7 Å². The smallest absolute Gasteiger partial charge is 0.240 e. The van der Waals surface area contributed by atoms with Crippen LogP contribution in [0.25, 0.3) is 0 Å². The van der Waals surface area contributed by atoms with E-state index in [1.54, 1.807) is 0 Å². The molecule has 0 unspecified atom stereocenters. The summed E-state index contributed by atoms with van der Waals surface area (Å²) in [5.41, 5.74) is 7.21. The second-order valence-electron chi connectivity index (χ2n) is 5.32. The number of hydrogen-bond acceptors (Lipinski definition) is 4. The topological polar surface area (TPSA) is 70.6 Å². The maximum Gasteiger partial charge on any atom is 0.240 e. The number of carbonyl (C=O) groups is 2. The monoisotopic (exact) mass is 283 g/mol. The second kappa shape index (κ2) is 5.52. The van der Waals surface area contributed by atoms with Gasteiger partial charge in [-0.15, -0.1) is 0 Å². The number of nitrogens with zero attached hydrogens (tertiary/aromatic N) is 1.